The summed E-state index contributed by atoms with van der Waals surface area (Å²) < 4.78 is 13.2. The van der Waals surface area contributed by atoms with Crippen molar-refractivity contribution in [2.45, 2.75) is 26.4 Å². The summed E-state index contributed by atoms with van der Waals surface area (Å²) in [6.45, 7) is 9.37. The van der Waals surface area contributed by atoms with Crippen LogP contribution in [0.3, 0.4) is 0 Å². The zero-order valence-electron chi connectivity index (χ0n) is 13.8. The predicted molar refractivity (Wildman–Crippen MR) is 87.1 cm³/mol. The molecule has 6 heteroatoms. The molecule has 2 fully saturated rings. The summed E-state index contributed by atoms with van der Waals surface area (Å²) in [7, 11) is 0. The van der Waals surface area contributed by atoms with Crippen LogP contribution in [0.2, 0.25) is 0 Å². The second-order valence-electron chi connectivity index (χ2n) is 6.68. The molecule has 5 nitrogen and oxygen atoms in total. The number of amides is 1. The van der Waals surface area contributed by atoms with E-state index < -0.39 is 0 Å². The Labute approximate surface area is 136 Å². The van der Waals surface area contributed by atoms with Gasteiger partial charge < -0.3 is 0 Å². The van der Waals surface area contributed by atoms with Crippen LogP contribution in [-0.2, 0) is 11.3 Å². The second-order valence-corrected chi connectivity index (χ2v) is 6.68. The standard InChI is InChI=1S/C17H25FN4O/c1-12-9-15(18)4-3-14(12)11-21-5-7-22(8-6-21)16-13(2)10-19-20-17(16)23/h3-4,9,13,16,19H,5-8,10-11H2,1-2H3,(H,20,23). The van der Waals surface area contributed by atoms with Crippen molar-refractivity contribution >= 4 is 5.91 Å². The minimum atomic E-state index is -0.179. The number of nitrogens with zero attached hydrogens (tertiary/aromatic N) is 2. The molecule has 0 aromatic heterocycles. The number of piperazine rings is 1. The van der Waals surface area contributed by atoms with E-state index in [-0.39, 0.29) is 17.8 Å². The van der Waals surface area contributed by atoms with E-state index in [1.54, 1.807) is 6.07 Å². The number of benzene rings is 1. The lowest BCUT2D eigenvalue weighted by Crippen LogP contribution is -2.63. The van der Waals surface area contributed by atoms with Gasteiger partial charge in [0, 0.05) is 39.3 Å². The van der Waals surface area contributed by atoms with Crippen LogP contribution in [0.25, 0.3) is 0 Å². The fourth-order valence-electron chi connectivity index (χ4n) is 3.55. The SMILES string of the molecule is Cc1cc(F)ccc1CN1CCN(C2C(=O)NNCC2C)CC1. The Kier molecular flexibility index (Phi) is 4.94. The molecule has 2 heterocycles. The van der Waals surface area contributed by atoms with E-state index in [0.29, 0.717) is 5.92 Å². The molecule has 0 radical (unpaired) electrons. The fraction of sp³-hybridized carbons (Fsp3) is 0.588. The Morgan fingerprint density at radius 2 is 2.00 bits per heavy atom. The second kappa shape index (κ2) is 6.95. The zero-order valence-corrected chi connectivity index (χ0v) is 13.8. The number of rotatable bonds is 3. The van der Waals surface area contributed by atoms with Gasteiger partial charge in [0.1, 0.15) is 5.82 Å². The van der Waals surface area contributed by atoms with Gasteiger partial charge in [-0.25, -0.2) is 9.82 Å². The van der Waals surface area contributed by atoms with Crippen LogP contribution in [0.4, 0.5) is 4.39 Å². The lowest BCUT2D eigenvalue weighted by molar-refractivity contribution is -0.132. The fourth-order valence-corrected chi connectivity index (χ4v) is 3.55. The molecule has 0 aliphatic carbocycles. The van der Waals surface area contributed by atoms with E-state index in [9.17, 15) is 9.18 Å². The van der Waals surface area contributed by atoms with Gasteiger partial charge in [-0.1, -0.05) is 13.0 Å². The molecule has 3 rings (SSSR count). The predicted octanol–water partition coefficient (Wildman–Crippen LogP) is 0.891. The molecule has 2 saturated heterocycles. The van der Waals surface area contributed by atoms with Crippen molar-refractivity contribution in [3.63, 3.8) is 0 Å². The molecule has 126 valence electrons. The van der Waals surface area contributed by atoms with Gasteiger partial charge in [0.2, 0.25) is 0 Å². The van der Waals surface area contributed by atoms with Gasteiger partial charge in [0.15, 0.2) is 0 Å². The monoisotopic (exact) mass is 320 g/mol. The highest BCUT2D eigenvalue weighted by molar-refractivity contribution is 5.82. The number of aryl methyl sites for hydroxylation is 1. The summed E-state index contributed by atoms with van der Waals surface area (Å²) in [5.74, 6) is 0.211. The average molecular weight is 320 g/mol. The Hall–Kier alpha value is -1.50. The summed E-state index contributed by atoms with van der Waals surface area (Å²) in [6, 6.07) is 4.96. The molecule has 2 N–H and O–H groups in total. The topological polar surface area (TPSA) is 47.6 Å². The van der Waals surface area contributed by atoms with Crippen LogP contribution in [0, 0.1) is 18.7 Å². The summed E-state index contributed by atoms with van der Waals surface area (Å²) in [5, 5.41) is 0. The molecule has 0 bridgehead atoms. The Morgan fingerprint density at radius 3 is 2.65 bits per heavy atom. The number of hydrogen-bond donors (Lipinski definition) is 2. The lowest BCUT2D eigenvalue weighted by Gasteiger charge is -2.42. The molecule has 2 aliphatic heterocycles. The summed E-state index contributed by atoms with van der Waals surface area (Å²) >= 11 is 0. The van der Waals surface area contributed by atoms with E-state index in [1.165, 1.54) is 11.6 Å². The first-order valence-corrected chi connectivity index (χ1v) is 8.29. The number of nitrogens with one attached hydrogen (secondary N) is 2. The van der Waals surface area contributed by atoms with Gasteiger partial charge in [-0.05, 0) is 36.1 Å². The van der Waals surface area contributed by atoms with E-state index in [2.05, 4.69) is 27.6 Å². The van der Waals surface area contributed by atoms with Crippen LogP contribution in [0.15, 0.2) is 18.2 Å². The molecule has 2 atom stereocenters. The van der Waals surface area contributed by atoms with Crippen molar-refractivity contribution in [2.24, 2.45) is 5.92 Å². The molecular formula is C17H25FN4O. The van der Waals surface area contributed by atoms with Crippen molar-refractivity contribution in [3.05, 3.63) is 35.1 Å². The smallest absolute Gasteiger partial charge is 0.251 e. The lowest BCUT2D eigenvalue weighted by atomic mass is 9.97. The number of carbonyl (C=O) groups is 1. The maximum atomic E-state index is 13.2. The van der Waals surface area contributed by atoms with E-state index >= 15 is 0 Å². The van der Waals surface area contributed by atoms with Gasteiger partial charge in [0.05, 0.1) is 6.04 Å². The third-order valence-electron chi connectivity index (χ3n) is 4.94. The van der Waals surface area contributed by atoms with E-state index in [1.807, 2.05) is 13.0 Å². The first-order valence-electron chi connectivity index (χ1n) is 8.29. The normalized spacial score (nSPS) is 27.0. The molecule has 1 aromatic carbocycles. The van der Waals surface area contributed by atoms with Gasteiger partial charge in [0.25, 0.3) is 5.91 Å². The maximum Gasteiger partial charge on any atom is 0.251 e. The van der Waals surface area contributed by atoms with Gasteiger partial charge in [-0.2, -0.15) is 0 Å². The average Bonchev–Trinajstić information content (AvgIpc) is 2.51. The highest BCUT2D eigenvalue weighted by atomic mass is 19.1. The third kappa shape index (κ3) is 3.71. The Bertz CT molecular complexity index is 572. The first kappa shape index (κ1) is 16.4. The highest BCUT2D eigenvalue weighted by Gasteiger charge is 2.35. The first-order chi connectivity index (χ1) is 11.0. The molecule has 0 spiro atoms. The number of hydrazine groups is 1. The van der Waals surface area contributed by atoms with Crippen molar-refractivity contribution in [1.82, 2.24) is 20.7 Å². The van der Waals surface area contributed by atoms with Crippen molar-refractivity contribution < 1.29 is 9.18 Å². The quantitative estimate of drug-likeness (QED) is 0.868. The highest BCUT2D eigenvalue weighted by Crippen LogP contribution is 2.18. The summed E-state index contributed by atoms with van der Waals surface area (Å²) in [4.78, 5) is 16.8. The number of carbonyl (C=O) groups excluding carboxylic acids is 1. The van der Waals surface area contributed by atoms with E-state index in [4.69, 9.17) is 0 Å². The molecule has 0 saturated carbocycles. The Balaban J connectivity index is 1.57. The van der Waals surface area contributed by atoms with Crippen molar-refractivity contribution in [3.8, 4) is 0 Å². The van der Waals surface area contributed by atoms with Crippen LogP contribution in [0.5, 0.6) is 0 Å². The van der Waals surface area contributed by atoms with Gasteiger partial charge >= 0.3 is 0 Å². The minimum absolute atomic E-state index is 0.0362. The maximum absolute atomic E-state index is 13.2. The Morgan fingerprint density at radius 1 is 1.26 bits per heavy atom. The van der Waals surface area contributed by atoms with Crippen LogP contribution < -0.4 is 10.9 Å². The van der Waals surface area contributed by atoms with Crippen LogP contribution >= 0.6 is 0 Å². The van der Waals surface area contributed by atoms with E-state index in [0.717, 1.165) is 44.8 Å². The molecule has 2 aliphatic rings. The van der Waals surface area contributed by atoms with Gasteiger partial charge in [-0.15, -0.1) is 0 Å². The third-order valence-corrected chi connectivity index (χ3v) is 4.94. The largest absolute Gasteiger partial charge is 0.297 e. The molecule has 23 heavy (non-hydrogen) atoms. The molecular weight excluding hydrogens is 295 g/mol. The van der Waals surface area contributed by atoms with Crippen LogP contribution in [-0.4, -0.2) is 54.5 Å². The van der Waals surface area contributed by atoms with Crippen molar-refractivity contribution in [1.29, 1.82) is 0 Å². The molecule has 1 aromatic rings. The zero-order chi connectivity index (χ0) is 16.4. The summed E-state index contributed by atoms with van der Waals surface area (Å²) in [6.07, 6.45) is 0. The van der Waals surface area contributed by atoms with Crippen LogP contribution in [0.1, 0.15) is 18.1 Å². The number of halogens is 1. The summed E-state index contributed by atoms with van der Waals surface area (Å²) in [5.41, 5.74) is 7.85. The van der Waals surface area contributed by atoms with Gasteiger partial charge in [-0.3, -0.25) is 20.0 Å². The molecule has 1 amide bonds. The van der Waals surface area contributed by atoms with Crippen molar-refractivity contribution in [2.75, 3.05) is 32.7 Å². The number of hydrogen-bond acceptors (Lipinski definition) is 4. The molecule has 2 unspecified atom stereocenters. The minimum Gasteiger partial charge on any atom is -0.297 e.